The Labute approximate surface area is 183 Å². The maximum absolute atomic E-state index is 12.6. The molecule has 11 heteroatoms. The molecule has 1 saturated heterocycles. The fraction of sp³-hybridized carbons (Fsp3) is 0.150. The van der Waals surface area contributed by atoms with E-state index in [0.717, 1.165) is 17.3 Å². The Kier molecular flexibility index (Phi) is 6.66. The molecule has 0 unspecified atom stereocenters. The van der Waals surface area contributed by atoms with Gasteiger partial charge in [0.15, 0.2) is 16.5 Å². The van der Waals surface area contributed by atoms with E-state index in [4.69, 9.17) is 9.47 Å². The molecule has 0 bridgehead atoms. The van der Waals surface area contributed by atoms with Crippen LogP contribution in [0.25, 0.3) is 6.08 Å². The second-order valence-electron chi connectivity index (χ2n) is 6.26. The Morgan fingerprint density at radius 3 is 2.39 bits per heavy atom. The third-order valence-electron chi connectivity index (χ3n) is 4.02. The predicted molar refractivity (Wildman–Crippen MR) is 119 cm³/mol. The predicted octanol–water partition coefficient (Wildman–Crippen LogP) is 2.61. The van der Waals surface area contributed by atoms with E-state index < -0.39 is 15.9 Å². The van der Waals surface area contributed by atoms with Crippen molar-refractivity contribution in [1.82, 2.24) is 5.32 Å². The second-order valence-corrected chi connectivity index (χ2v) is 8.89. The molecule has 1 aliphatic heterocycles. The first-order valence-corrected chi connectivity index (χ1v) is 11.1. The third kappa shape index (κ3) is 5.44. The van der Waals surface area contributed by atoms with Gasteiger partial charge in [-0.05, 0) is 59.8 Å². The summed E-state index contributed by atoms with van der Waals surface area (Å²) >= 11 is 0.912. The van der Waals surface area contributed by atoms with Gasteiger partial charge < -0.3 is 20.1 Å². The highest BCUT2D eigenvalue weighted by molar-refractivity contribution is 8.20. The smallest absolute Gasteiger partial charge is 0.283 e. The van der Waals surface area contributed by atoms with Crippen LogP contribution in [0.15, 0.2) is 56.8 Å². The average Bonchev–Trinajstić information content (AvgIpc) is 3.05. The number of carbonyl (C=O) groups excluding carboxylic acids is 2. The monoisotopic (exact) mass is 461 g/mol. The number of hydrogen-bond acceptors (Lipinski definition) is 7. The molecule has 1 aliphatic rings. The fourth-order valence-electron chi connectivity index (χ4n) is 2.64. The quantitative estimate of drug-likeness (QED) is 0.678. The number of benzene rings is 2. The summed E-state index contributed by atoms with van der Waals surface area (Å²) in [6, 6.07) is 10.7. The topological polar surface area (TPSA) is 123 Å². The van der Waals surface area contributed by atoms with E-state index in [1.165, 1.54) is 45.4 Å². The Hall–Kier alpha value is -3.31. The lowest BCUT2D eigenvalue weighted by Crippen LogP contribution is -2.19. The Morgan fingerprint density at radius 2 is 1.77 bits per heavy atom. The van der Waals surface area contributed by atoms with Gasteiger partial charge in [0.1, 0.15) is 0 Å². The number of ether oxygens (including phenoxy) is 2. The van der Waals surface area contributed by atoms with Crippen LogP contribution in [0.3, 0.4) is 0 Å². The molecule has 2 N–H and O–H groups in total. The zero-order valence-corrected chi connectivity index (χ0v) is 18.5. The largest absolute Gasteiger partial charge is 0.493 e. The first-order valence-electron chi connectivity index (χ1n) is 8.87. The van der Waals surface area contributed by atoms with Crippen molar-refractivity contribution in [2.45, 2.75) is 11.8 Å². The molecule has 0 saturated carbocycles. The van der Waals surface area contributed by atoms with Crippen LogP contribution in [0, 0.1) is 0 Å². The number of amides is 2. The van der Waals surface area contributed by atoms with Crippen LogP contribution in [-0.4, -0.2) is 39.5 Å². The Bertz CT molecular complexity index is 1190. The number of carbonyl (C=O) groups is 2. The van der Waals surface area contributed by atoms with Crippen LogP contribution < -0.4 is 20.1 Å². The van der Waals surface area contributed by atoms with Crippen molar-refractivity contribution in [2.75, 3.05) is 19.5 Å². The van der Waals surface area contributed by atoms with E-state index in [1.807, 2.05) is 0 Å². The number of nitrogens with zero attached hydrogens (tertiary/aromatic N) is 1. The standard InChI is InChI=1S/C20H19N3O6S2/c1-12(24)21-14-5-7-15(8-6-14)31(26,27)23-20-19(25)22-18(30-20)11-13-4-9-16(28-2)17(10-13)29-3/h4-11H,1-3H3,(H,21,24)(H,22,25)/b18-11+,23-20-. The minimum Gasteiger partial charge on any atom is -0.493 e. The minimum atomic E-state index is -4.11. The van der Waals surface area contributed by atoms with Gasteiger partial charge in [-0.3, -0.25) is 9.59 Å². The molecule has 0 atom stereocenters. The maximum atomic E-state index is 12.6. The van der Waals surface area contributed by atoms with Crippen molar-refractivity contribution in [1.29, 1.82) is 0 Å². The van der Waals surface area contributed by atoms with Crippen molar-refractivity contribution in [3.05, 3.63) is 53.1 Å². The number of methoxy groups -OCH3 is 2. The van der Waals surface area contributed by atoms with Crippen LogP contribution in [0.1, 0.15) is 12.5 Å². The summed E-state index contributed by atoms with van der Waals surface area (Å²) in [7, 11) is -1.07. The van der Waals surface area contributed by atoms with Gasteiger partial charge in [0, 0.05) is 12.6 Å². The summed E-state index contributed by atoms with van der Waals surface area (Å²) in [6.45, 7) is 1.35. The molecule has 31 heavy (non-hydrogen) atoms. The number of rotatable bonds is 6. The molecule has 2 aromatic carbocycles. The molecule has 1 heterocycles. The van der Waals surface area contributed by atoms with E-state index in [1.54, 1.807) is 24.3 Å². The zero-order valence-electron chi connectivity index (χ0n) is 16.8. The van der Waals surface area contributed by atoms with E-state index in [9.17, 15) is 18.0 Å². The Balaban J connectivity index is 1.82. The zero-order chi connectivity index (χ0) is 22.6. The number of anilines is 1. The first kappa shape index (κ1) is 22.4. The lowest BCUT2D eigenvalue weighted by atomic mass is 10.2. The third-order valence-corrected chi connectivity index (χ3v) is 6.33. The molecule has 9 nitrogen and oxygen atoms in total. The highest BCUT2D eigenvalue weighted by atomic mass is 32.2. The van der Waals surface area contributed by atoms with Crippen LogP contribution in [0.2, 0.25) is 0 Å². The van der Waals surface area contributed by atoms with Crippen molar-refractivity contribution in [3.8, 4) is 11.5 Å². The van der Waals surface area contributed by atoms with Crippen molar-refractivity contribution in [3.63, 3.8) is 0 Å². The van der Waals surface area contributed by atoms with Crippen LogP contribution in [0.4, 0.5) is 5.69 Å². The summed E-state index contributed by atoms with van der Waals surface area (Å²) in [6.07, 6.45) is 1.67. The van der Waals surface area contributed by atoms with Crippen molar-refractivity contribution < 1.29 is 27.5 Å². The lowest BCUT2D eigenvalue weighted by molar-refractivity contribution is -0.114. The highest BCUT2D eigenvalue weighted by Crippen LogP contribution is 2.31. The van der Waals surface area contributed by atoms with Gasteiger partial charge >= 0.3 is 0 Å². The molecule has 0 radical (unpaired) electrons. The first-order chi connectivity index (χ1) is 14.7. The molecular formula is C20H19N3O6S2. The molecule has 2 aromatic rings. The fourth-order valence-corrected chi connectivity index (χ4v) is 4.66. The number of hydrogen-bond donors (Lipinski definition) is 2. The molecule has 0 aliphatic carbocycles. The van der Waals surface area contributed by atoms with Gasteiger partial charge in [0.05, 0.1) is 24.1 Å². The molecular weight excluding hydrogens is 442 g/mol. The maximum Gasteiger partial charge on any atom is 0.283 e. The summed E-state index contributed by atoms with van der Waals surface area (Å²) in [4.78, 5) is 23.2. The Morgan fingerprint density at radius 1 is 1.10 bits per heavy atom. The minimum absolute atomic E-state index is 0.0974. The second kappa shape index (κ2) is 9.23. The summed E-state index contributed by atoms with van der Waals surface area (Å²) in [5, 5.41) is 5.37. The lowest BCUT2D eigenvalue weighted by Gasteiger charge is -2.07. The summed E-state index contributed by atoms with van der Waals surface area (Å²) in [5.74, 6) is 0.190. The number of sulfonamides is 1. The van der Waals surface area contributed by atoms with Crippen LogP contribution >= 0.6 is 11.8 Å². The molecule has 3 rings (SSSR count). The molecule has 162 valence electrons. The van der Waals surface area contributed by atoms with Gasteiger partial charge in [0.2, 0.25) is 5.91 Å². The average molecular weight is 462 g/mol. The molecule has 0 aromatic heterocycles. The van der Waals surface area contributed by atoms with Gasteiger partial charge in [-0.25, -0.2) is 0 Å². The van der Waals surface area contributed by atoms with E-state index in [-0.39, 0.29) is 15.8 Å². The number of thioether (sulfide) groups is 1. The van der Waals surface area contributed by atoms with E-state index in [0.29, 0.717) is 22.2 Å². The number of nitrogens with one attached hydrogen (secondary N) is 2. The summed E-state index contributed by atoms with van der Waals surface area (Å²) < 4.78 is 39.3. The molecule has 1 fully saturated rings. The van der Waals surface area contributed by atoms with Crippen molar-refractivity contribution in [2.24, 2.45) is 4.40 Å². The van der Waals surface area contributed by atoms with Gasteiger partial charge in [-0.1, -0.05) is 6.07 Å². The van der Waals surface area contributed by atoms with Gasteiger partial charge in [-0.15, -0.1) is 4.40 Å². The van der Waals surface area contributed by atoms with Crippen molar-refractivity contribution >= 4 is 50.4 Å². The highest BCUT2D eigenvalue weighted by Gasteiger charge is 2.27. The van der Waals surface area contributed by atoms with Crippen LogP contribution in [0.5, 0.6) is 11.5 Å². The molecule has 2 amide bonds. The molecule has 0 spiro atoms. The van der Waals surface area contributed by atoms with E-state index >= 15 is 0 Å². The van der Waals surface area contributed by atoms with Gasteiger partial charge in [0.25, 0.3) is 15.9 Å². The summed E-state index contributed by atoms with van der Waals surface area (Å²) in [5.41, 5.74) is 1.17. The SMILES string of the molecule is COc1ccc(/C=C2\NC(=O)/C(=N/S(=O)(=O)c3ccc(NC(C)=O)cc3)S2)cc1OC. The van der Waals surface area contributed by atoms with E-state index in [2.05, 4.69) is 15.0 Å². The normalized spacial score (nSPS) is 16.3. The van der Waals surface area contributed by atoms with Gasteiger partial charge in [-0.2, -0.15) is 8.42 Å². The van der Waals surface area contributed by atoms with Crippen LogP contribution in [-0.2, 0) is 19.6 Å².